The maximum atomic E-state index is 12.2. The van der Waals surface area contributed by atoms with Crippen molar-refractivity contribution in [1.82, 2.24) is 20.4 Å². The van der Waals surface area contributed by atoms with Gasteiger partial charge in [0.1, 0.15) is 0 Å². The molecule has 2 amide bonds. The Bertz CT molecular complexity index is 564. The maximum Gasteiger partial charge on any atom is 0.246 e. The summed E-state index contributed by atoms with van der Waals surface area (Å²) < 4.78 is 10.0. The number of likely N-dealkylation sites (tertiary alicyclic amines) is 1. The number of hydrogen-bond donors (Lipinski definition) is 1. The highest BCUT2D eigenvalue weighted by atomic mass is 16.5. The molecular weight excluding hydrogens is 300 g/mol. The number of nitrogens with zero attached hydrogens (tertiary/aromatic N) is 3. The summed E-state index contributed by atoms with van der Waals surface area (Å²) in [6.07, 6.45) is 0.803. The summed E-state index contributed by atoms with van der Waals surface area (Å²) in [5, 5.41) is 6.56. The molecular formula is C15H24N4O4. The normalized spacial score (nSPS) is 18.5. The van der Waals surface area contributed by atoms with E-state index in [9.17, 15) is 9.59 Å². The lowest BCUT2D eigenvalue weighted by Crippen LogP contribution is -2.43. The summed E-state index contributed by atoms with van der Waals surface area (Å²) in [7, 11) is 1.60. The molecule has 8 nitrogen and oxygen atoms in total. The lowest BCUT2D eigenvalue weighted by atomic mass is 10.1. The molecule has 0 saturated carbocycles. The Labute approximate surface area is 135 Å². The van der Waals surface area contributed by atoms with Crippen LogP contribution in [0.4, 0.5) is 0 Å². The fourth-order valence-corrected chi connectivity index (χ4v) is 2.50. The van der Waals surface area contributed by atoms with Crippen molar-refractivity contribution in [2.75, 3.05) is 20.3 Å². The predicted molar refractivity (Wildman–Crippen MR) is 81.3 cm³/mol. The zero-order valence-corrected chi connectivity index (χ0v) is 14.1. The van der Waals surface area contributed by atoms with Crippen molar-refractivity contribution in [3.8, 4) is 0 Å². The van der Waals surface area contributed by atoms with Crippen molar-refractivity contribution in [3.05, 3.63) is 11.7 Å². The highest BCUT2D eigenvalue weighted by Crippen LogP contribution is 2.25. The highest BCUT2D eigenvalue weighted by Gasteiger charge is 2.39. The van der Waals surface area contributed by atoms with Crippen LogP contribution in [0.25, 0.3) is 0 Å². The van der Waals surface area contributed by atoms with Crippen molar-refractivity contribution in [2.45, 2.75) is 45.7 Å². The van der Waals surface area contributed by atoms with Gasteiger partial charge in [-0.15, -0.1) is 0 Å². The number of nitrogens with one attached hydrogen (secondary N) is 1. The van der Waals surface area contributed by atoms with Crippen molar-refractivity contribution in [3.63, 3.8) is 0 Å². The zero-order chi connectivity index (χ0) is 17.0. The van der Waals surface area contributed by atoms with Gasteiger partial charge in [0.15, 0.2) is 5.82 Å². The fraction of sp³-hybridized carbons (Fsp3) is 0.733. The Balaban J connectivity index is 1.83. The lowest BCUT2D eigenvalue weighted by Gasteiger charge is -2.31. The number of carbonyl (C=O) groups is 2. The molecule has 128 valence electrons. The number of carbonyl (C=O) groups excluding carboxylic acids is 2. The largest absolute Gasteiger partial charge is 0.384 e. The minimum atomic E-state index is -0.336. The van der Waals surface area contributed by atoms with Crippen LogP contribution in [0.3, 0.4) is 0 Å². The summed E-state index contributed by atoms with van der Waals surface area (Å²) in [4.78, 5) is 30.1. The van der Waals surface area contributed by atoms with Crippen LogP contribution in [0.2, 0.25) is 0 Å². The summed E-state index contributed by atoms with van der Waals surface area (Å²) in [5.74, 6) is 0.407. The van der Waals surface area contributed by atoms with E-state index in [0.717, 1.165) is 0 Å². The molecule has 1 atom stereocenters. The molecule has 1 saturated heterocycles. The smallest absolute Gasteiger partial charge is 0.246 e. The second kappa shape index (κ2) is 7.08. The Morgan fingerprint density at radius 2 is 2.22 bits per heavy atom. The van der Waals surface area contributed by atoms with Gasteiger partial charge in [0.25, 0.3) is 0 Å². The third-order valence-electron chi connectivity index (χ3n) is 3.76. The molecule has 1 N–H and O–H groups in total. The first-order valence-corrected chi connectivity index (χ1v) is 7.70. The Morgan fingerprint density at radius 1 is 1.48 bits per heavy atom. The number of hydrogen-bond acceptors (Lipinski definition) is 6. The number of aromatic nitrogens is 2. The zero-order valence-electron chi connectivity index (χ0n) is 14.1. The van der Waals surface area contributed by atoms with Crippen molar-refractivity contribution < 1.29 is 18.8 Å². The van der Waals surface area contributed by atoms with Crippen LogP contribution in [-0.4, -0.2) is 52.7 Å². The number of ether oxygens (including phenoxy) is 1. The van der Waals surface area contributed by atoms with Crippen LogP contribution in [0.1, 0.15) is 38.9 Å². The quantitative estimate of drug-likeness (QED) is 0.819. The van der Waals surface area contributed by atoms with E-state index in [1.807, 2.05) is 20.8 Å². The van der Waals surface area contributed by atoms with Crippen molar-refractivity contribution in [2.24, 2.45) is 5.92 Å². The van der Waals surface area contributed by atoms with E-state index in [-0.39, 0.29) is 36.2 Å². The van der Waals surface area contributed by atoms with Crippen LogP contribution >= 0.6 is 0 Å². The van der Waals surface area contributed by atoms with Gasteiger partial charge in [-0.1, -0.05) is 5.16 Å². The molecule has 1 aliphatic rings. The molecule has 23 heavy (non-hydrogen) atoms. The molecule has 1 fully saturated rings. The van der Waals surface area contributed by atoms with Gasteiger partial charge < -0.3 is 19.5 Å². The minimum absolute atomic E-state index is 0.0114. The average Bonchev–Trinajstić information content (AvgIpc) is 3.08. The number of amides is 2. The Hall–Kier alpha value is -1.96. The summed E-state index contributed by atoms with van der Waals surface area (Å²) in [6, 6.07) is 0. The molecule has 1 aliphatic heterocycles. The molecule has 1 aromatic heterocycles. The average molecular weight is 324 g/mol. The third-order valence-corrected chi connectivity index (χ3v) is 3.76. The molecule has 2 rings (SSSR count). The minimum Gasteiger partial charge on any atom is -0.384 e. The molecule has 0 bridgehead atoms. The first-order valence-electron chi connectivity index (χ1n) is 7.70. The predicted octanol–water partition coefficient (Wildman–Crippen LogP) is 0.522. The van der Waals surface area contributed by atoms with Gasteiger partial charge in [-0.25, -0.2) is 0 Å². The summed E-state index contributed by atoms with van der Waals surface area (Å²) >= 11 is 0. The van der Waals surface area contributed by atoms with E-state index in [4.69, 9.17) is 9.26 Å². The molecule has 1 unspecified atom stereocenters. The van der Waals surface area contributed by atoms with E-state index in [1.165, 1.54) is 0 Å². The van der Waals surface area contributed by atoms with Crippen LogP contribution in [0.15, 0.2) is 4.52 Å². The standard InChI is InChI=1S/C15H24N4O4/c1-15(2,3)19-9-10(7-13(19)20)14(21)16-8-12-17-11(18-23-12)5-6-22-4/h10H,5-9H2,1-4H3,(H,16,21). The molecule has 0 aromatic carbocycles. The monoisotopic (exact) mass is 324 g/mol. The van der Waals surface area contributed by atoms with E-state index in [1.54, 1.807) is 12.0 Å². The van der Waals surface area contributed by atoms with Crippen LogP contribution in [-0.2, 0) is 27.3 Å². The molecule has 0 radical (unpaired) electrons. The van der Waals surface area contributed by atoms with Crippen molar-refractivity contribution >= 4 is 11.8 Å². The van der Waals surface area contributed by atoms with Gasteiger partial charge in [-0.3, -0.25) is 9.59 Å². The molecule has 8 heteroatoms. The number of rotatable bonds is 6. The van der Waals surface area contributed by atoms with Crippen molar-refractivity contribution in [1.29, 1.82) is 0 Å². The molecule has 1 aromatic rings. The summed E-state index contributed by atoms with van der Waals surface area (Å²) in [5.41, 5.74) is -0.269. The van der Waals surface area contributed by atoms with Gasteiger partial charge in [-0.05, 0) is 20.8 Å². The van der Waals surface area contributed by atoms with Gasteiger partial charge in [0.05, 0.1) is 19.1 Å². The second-order valence-electron chi connectivity index (χ2n) is 6.64. The van der Waals surface area contributed by atoms with E-state index < -0.39 is 0 Å². The van der Waals surface area contributed by atoms with E-state index in [2.05, 4.69) is 15.5 Å². The molecule has 0 aliphatic carbocycles. The van der Waals surface area contributed by atoms with Crippen LogP contribution in [0, 0.1) is 5.92 Å². The Morgan fingerprint density at radius 3 is 2.83 bits per heavy atom. The van der Waals surface area contributed by atoms with Gasteiger partial charge >= 0.3 is 0 Å². The highest BCUT2D eigenvalue weighted by molar-refractivity contribution is 5.89. The maximum absolute atomic E-state index is 12.2. The third kappa shape index (κ3) is 4.51. The SMILES string of the molecule is COCCc1noc(CNC(=O)C2CC(=O)N(C(C)(C)C)C2)n1. The lowest BCUT2D eigenvalue weighted by molar-refractivity contribution is -0.132. The first-order chi connectivity index (χ1) is 10.8. The molecule has 0 spiro atoms. The van der Waals surface area contributed by atoms with E-state index in [0.29, 0.717) is 31.3 Å². The van der Waals surface area contributed by atoms with Gasteiger partial charge in [-0.2, -0.15) is 4.98 Å². The topological polar surface area (TPSA) is 97.6 Å². The van der Waals surface area contributed by atoms with Crippen LogP contribution < -0.4 is 5.32 Å². The van der Waals surface area contributed by atoms with Gasteiger partial charge in [0, 0.05) is 32.0 Å². The van der Waals surface area contributed by atoms with E-state index >= 15 is 0 Å². The number of methoxy groups -OCH3 is 1. The summed E-state index contributed by atoms with van der Waals surface area (Å²) in [6.45, 7) is 7.01. The first kappa shape index (κ1) is 17.4. The Kier molecular flexibility index (Phi) is 5.35. The van der Waals surface area contributed by atoms with Gasteiger partial charge in [0.2, 0.25) is 17.7 Å². The molecule has 2 heterocycles. The second-order valence-corrected chi connectivity index (χ2v) is 6.64. The van der Waals surface area contributed by atoms with Crippen LogP contribution in [0.5, 0.6) is 0 Å². The fourth-order valence-electron chi connectivity index (χ4n) is 2.50.